The molecule has 0 radical (unpaired) electrons. The molecule has 0 spiro atoms. The Hall–Kier alpha value is -2.57. The molecular formula is C26H18Cl4O5. The predicted molar refractivity (Wildman–Crippen MR) is 135 cm³/mol. The fourth-order valence-corrected chi connectivity index (χ4v) is 4.89. The third kappa shape index (κ3) is 5.49. The highest BCUT2D eigenvalue weighted by atomic mass is 35.5. The van der Waals surface area contributed by atoms with Gasteiger partial charge in [0.1, 0.15) is 18.6 Å². The van der Waals surface area contributed by atoms with Crippen LogP contribution in [-0.2, 0) is 15.9 Å². The lowest BCUT2D eigenvalue weighted by Crippen LogP contribution is -2.45. The van der Waals surface area contributed by atoms with Crippen LogP contribution in [0.25, 0.3) is 0 Å². The molecular weight excluding hydrogens is 534 g/mol. The first-order valence-electron chi connectivity index (χ1n) is 10.6. The summed E-state index contributed by atoms with van der Waals surface area (Å²) in [4.78, 5) is 39.1. The highest BCUT2D eigenvalue weighted by Gasteiger charge is 2.45. The van der Waals surface area contributed by atoms with Crippen molar-refractivity contribution in [1.29, 1.82) is 0 Å². The zero-order chi connectivity index (χ0) is 25.2. The molecule has 35 heavy (non-hydrogen) atoms. The molecule has 0 amide bonds. The van der Waals surface area contributed by atoms with Crippen molar-refractivity contribution >= 4 is 64.1 Å². The number of halogens is 4. The van der Waals surface area contributed by atoms with Crippen molar-refractivity contribution < 1.29 is 23.9 Å². The van der Waals surface area contributed by atoms with Crippen LogP contribution in [0.1, 0.15) is 43.1 Å². The molecule has 0 unspecified atom stereocenters. The maximum absolute atomic E-state index is 13.6. The number of benzene rings is 3. The van der Waals surface area contributed by atoms with E-state index in [1.807, 2.05) is 12.1 Å². The van der Waals surface area contributed by atoms with Gasteiger partial charge in [0.05, 0.1) is 21.2 Å². The number of carbonyl (C=O) groups is 3. The second kappa shape index (κ2) is 10.6. The number of carbonyl (C=O) groups excluding carboxylic acids is 3. The lowest BCUT2D eigenvalue weighted by molar-refractivity contribution is -0.00334. The van der Waals surface area contributed by atoms with E-state index in [0.717, 1.165) is 5.56 Å². The Morgan fingerprint density at radius 3 is 1.80 bits per heavy atom. The topological polar surface area (TPSA) is 69.7 Å². The number of ether oxygens (including phenoxy) is 2. The van der Waals surface area contributed by atoms with E-state index in [1.54, 1.807) is 12.1 Å². The van der Waals surface area contributed by atoms with Gasteiger partial charge in [-0.25, -0.2) is 9.59 Å². The molecule has 0 aliphatic heterocycles. The Morgan fingerprint density at radius 2 is 1.29 bits per heavy atom. The molecule has 0 N–H and O–H groups in total. The second-order valence-electron chi connectivity index (χ2n) is 8.17. The number of ketones is 1. The lowest BCUT2D eigenvalue weighted by atomic mass is 9.71. The van der Waals surface area contributed by atoms with Crippen LogP contribution in [0, 0.1) is 5.41 Å². The summed E-state index contributed by atoms with van der Waals surface area (Å²) >= 11 is 24.1. The maximum atomic E-state index is 13.6. The summed E-state index contributed by atoms with van der Waals surface area (Å²) < 4.78 is 11.1. The smallest absolute Gasteiger partial charge is 0.339 e. The molecule has 0 bridgehead atoms. The Labute approximate surface area is 221 Å². The molecule has 9 heteroatoms. The minimum absolute atomic E-state index is 0.111. The second-order valence-corrected chi connectivity index (χ2v) is 9.85. The van der Waals surface area contributed by atoms with E-state index in [9.17, 15) is 14.4 Å². The zero-order valence-electron chi connectivity index (χ0n) is 18.2. The maximum Gasteiger partial charge on any atom is 0.339 e. The van der Waals surface area contributed by atoms with E-state index >= 15 is 0 Å². The van der Waals surface area contributed by atoms with Crippen molar-refractivity contribution in [1.82, 2.24) is 0 Å². The van der Waals surface area contributed by atoms with E-state index < -0.39 is 17.4 Å². The summed E-state index contributed by atoms with van der Waals surface area (Å²) in [5, 5.41) is 0.992. The standard InChI is InChI=1S/C26H18Cl4O5/c27-16-5-7-19(21(29)11-16)24(32)34-13-26(10-9-15-3-1-2-4-18(15)23(26)31)14-35-25(33)20-8-6-17(28)12-22(20)30/h1-8,11-12H,9-10,13-14H2. The molecule has 1 aliphatic carbocycles. The molecule has 0 atom stereocenters. The van der Waals surface area contributed by atoms with Crippen LogP contribution in [0.3, 0.4) is 0 Å². The normalized spacial score (nSPS) is 14.2. The minimum atomic E-state index is -1.28. The largest absolute Gasteiger partial charge is 0.461 e. The van der Waals surface area contributed by atoms with Crippen molar-refractivity contribution in [2.45, 2.75) is 12.8 Å². The third-order valence-electron chi connectivity index (χ3n) is 5.88. The number of rotatable bonds is 6. The van der Waals surface area contributed by atoms with Crippen LogP contribution in [0.5, 0.6) is 0 Å². The lowest BCUT2D eigenvalue weighted by Gasteiger charge is -2.35. The van der Waals surface area contributed by atoms with Gasteiger partial charge in [-0.1, -0.05) is 70.7 Å². The summed E-state index contributed by atoms with van der Waals surface area (Å²) in [6.07, 6.45) is 0.854. The van der Waals surface area contributed by atoms with Crippen molar-refractivity contribution in [3.8, 4) is 0 Å². The van der Waals surface area contributed by atoms with Crippen LogP contribution >= 0.6 is 46.4 Å². The number of hydrogen-bond acceptors (Lipinski definition) is 5. The molecule has 1 aliphatic rings. The highest BCUT2D eigenvalue weighted by Crippen LogP contribution is 2.37. The molecule has 0 fully saturated rings. The fourth-order valence-electron chi connectivity index (χ4n) is 3.92. The van der Waals surface area contributed by atoms with Gasteiger partial charge in [-0.3, -0.25) is 4.79 Å². The summed E-state index contributed by atoms with van der Waals surface area (Å²) in [5.74, 6) is -1.71. The average molecular weight is 552 g/mol. The van der Waals surface area contributed by atoms with E-state index in [-0.39, 0.29) is 40.2 Å². The first-order valence-corrected chi connectivity index (χ1v) is 12.1. The van der Waals surface area contributed by atoms with E-state index in [2.05, 4.69) is 0 Å². The van der Waals surface area contributed by atoms with Gasteiger partial charge < -0.3 is 9.47 Å². The van der Waals surface area contributed by atoms with Crippen LogP contribution < -0.4 is 0 Å². The Kier molecular flexibility index (Phi) is 7.72. The van der Waals surface area contributed by atoms with Gasteiger partial charge in [0.15, 0.2) is 5.78 Å². The van der Waals surface area contributed by atoms with Crippen molar-refractivity contribution in [3.63, 3.8) is 0 Å². The van der Waals surface area contributed by atoms with E-state index in [4.69, 9.17) is 55.9 Å². The van der Waals surface area contributed by atoms with Crippen molar-refractivity contribution in [2.24, 2.45) is 5.41 Å². The molecule has 0 saturated carbocycles. The summed E-state index contributed by atoms with van der Waals surface area (Å²) in [5.41, 5.74) is 0.323. The summed E-state index contributed by atoms with van der Waals surface area (Å²) in [6, 6.07) is 16.0. The molecule has 0 heterocycles. The van der Waals surface area contributed by atoms with Gasteiger partial charge in [0.25, 0.3) is 0 Å². The third-order valence-corrected chi connectivity index (χ3v) is 6.97. The van der Waals surface area contributed by atoms with Gasteiger partial charge in [-0.15, -0.1) is 0 Å². The number of fused-ring (bicyclic) bond motifs is 1. The molecule has 3 aromatic carbocycles. The van der Waals surface area contributed by atoms with Crippen molar-refractivity contribution in [3.05, 3.63) is 103 Å². The number of hydrogen-bond donors (Lipinski definition) is 0. The first-order chi connectivity index (χ1) is 16.7. The Bertz CT molecular complexity index is 1250. The molecule has 180 valence electrons. The number of Topliss-reactive ketones (excluding diaryl/α,β-unsaturated/α-hetero) is 1. The SMILES string of the molecule is O=C(OCC1(COC(=O)c2ccc(Cl)cc2Cl)CCc2ccccc2C1=O)c1ccc(Cl)cc1Cl. The fraction of sp³-hybridized carbons (Fsp3) is 0.192. The summed E-state index contributed by atoms with van der Waals surface area (Å²) in [7, 11) is 0. The predicted octanol–water partition coefficient (Wildman–Crippen LogP) is 7.13. The number of aryl methyl sites for hydroxylation is 1. The van der Waals surface area contributed by atoms with E-state index in [0.29, 0.717) is 28.5 Å². The van der Waals surface area contributed by atoms with Gasteiger partial charge in [0.2, 0.25) is 0 Å². The quantitative estimate of drug-likeness (QED) is 0.305. The first kappa shape index (κ1) is 25.5. The molecule has 3 aromatic rings. The van der Waals surface area contributed by atoms with Gasteiger partial charge in [-0.2, -0.15) is 0 Å². The molecule has 0 saturated heterocycles. The van der Waals surface area contributed by atoms with Crippen LogP contribution in [0.15, 0.2) is 60.7 Å². The van der Waals surface area contributed by atoms with Gasteiger partial charge in [-0.05, 0) is 54.8 Å². The Morgan fingerprint density at radius 1 is 0.771 bits per heavy atom. The molecule has 5 nitrogen and oxygen atoms in total. The van der Waals surface area contributed by atoms with Crippen LogP contribution in [0.4, 0.5) is 0 Å². The van der Waals surface area contributed by atoms with Crippen LogP contribution in [0.2, 0.25) is 20.1 Å². The van der Waals surface area contributed by atoms with Crippen LogP contribution in [-0.4, -0.2) is 30.9 Å². The monoisotopic (exact) mass is 550 g/mol. The average Bonchev–Trinajstić information content (AvgIpc) is 2.83. The highest BCUT2D eigenvalue weighted by molar-refractivity contribution is 6.37. The van der Waals surface area contributed by atoms with Crippen molar-refractivity contribution in [2.75, 3.05) is 13.2 Å². The van der Waals surface area contributed by atoms with Gasteiger partial charge in [0, 0.05) is 15.6 Å². The van der Waals surface area contributed by atoms with Gasteiger partial charge >= 0.3 is 11.9 Å². The molecule has 4 rings (SSSR count). The number of esters is 2. The van der Waals surface area contributed by atoms with E-state index in [1.165, 1.54) is 36.4 Å². The Balaban J connectivity index is 1.58. The minimum Gasteiger partial charge on any atom is -0.461 e. The summed E-state index contributed by atoms with van der Waals surface area (Å²) in [6.45, 7) is -0.612. The molecule has 0 aromatic heterocycles. The zero-order valence-corrected chi connectivity index (χ0v) is 21.2.